The van der Waals surface area contributed by atoms with Gasteiger partial charge in [-0.2, -0.15) is 0 Å². The zero-order valence-electron chi connectivity index (χ0n) is 44.9. The normalized spacial score (nSPS) is 13.5. The maximum atomic E-state index is 12.8. The first-order chi connectivity index (χ1) is 35.0. The van der Waals surface area contributed by atoms with Crippen molar-refractivity contribution in [3.63, 3.8) is 0 Å². The number of esters is 3. The Kier molecular flexibility index (Phi) is 53.1. The number of ether oxygens (including phenoxy) is 3. The molecule has 0 spiro atoms. The van der Waals surface area contributed by atoms with Crippen molar-refractivity contribution in [3.8, 4) is 0 Å². The summed E-state index contributed by atoms with van der Waals surface area (Å²) in [6.45, 7) is 6.28. The van der Waals surface area contributed by atoms with Crippen molar-refractivity contribution >= 4 is 17.9 Å². The molecule has 0 radical (unpaired) electrons. The third-order valence-electron chi connectivity index (χ3n) is 10.7. The fourth-order valence-corrected chi connectivity index (χ4v) is 6.57. The summed E-state index contributed by atoms with van der Waals surface area (Å²) in [7, 11) is 0. The summed E-state index contributed by atoms with van der Waals surface area (Å²) in [4.78, 5) is 38.1. The Morgan fingerprint density at radius 2 is 0.563 bits per heavy atom. The van der Waals surface area contributed by atoms with Crippen LogP contribution < -0.4 is 0 Å². The minimum atomic E-state index is -0.873. The molecule has 0 unspecified atom stereocenters. The van der Waals surface area contributed by atoms with E-state index in [0.29, 0.717) is 19.3 Å². The second-order valence-corrected chi connectivity index (χ2v) is 17.4. The van der Waals surface area contributed by atoms with Gasteiger partial charge in [0.25, 0.3) is 0 Å². The van der Waals surface area contributed by atoms with Crippen LogP contribution in [0.4, 0.5) is 0 Å². The number of carbonyl (C=O) groups is 3. The van der Waals surface area contributed by atoms with Gasteiger partial charge < -0.3 is 14.2 Å². The highest BCUT2D eigenvalue weighted by Gasteiger charge is 2.19. The van der Waals surface area contributed by atoms with Crippen molar-refractivity contribution in [1.29, 1.82) is 0 Å². The Balaban J connectivity index is 4.72. The molecule has 71 heavy (non-hydrogen) atoms. The van der Waals surface area contributed by atoms with Gasteiger partial charge in [-0.1, -0.05) is 217 Å². The fraction of sp³-hybridized carbons (Fsp3) is 0.523. The van der Waals surface area contributed by atoms with Crippen molar-refractivity contribution in [2.75, 3.05) is 13.2 Å². The van der Waals surface area contributed by atoms with E-state index in [1.165, 1.54) is 51.4 Å². The lowest BCUT2D eigenvalue weighted by Crippen LogP contribution is -2.30. The molecule has 0 aromatic heterocycles. The van der Waals surface area contributed by atoms with Crippen molar-refractivity contribution in [2.45, 2.75) is 207 Å². The summed E-state index contributed by atoms with van der Waals surface area (Å²) in [5, 5.41) is 0. The topological polar surface area (TPSA) is 78.9 Å². The first-order valence-corrected chi connectivity index (χ1v) is 27.6. The predicted molar refractivity (Wildman–Crippen MR) is 306 cm³/mol. The summed E-state index contributed by atoms with van der Waals surface area (Å²) in [5.41, 5.74) is 0. The fourth-order valence-electron chi connectivity index (χ4n) is 6.57. The lowest BCUT2D eigenvalue weighted by atomic mass is 10.2. The van der Waals surface area contributed by atoms with Crippen LogP contribution in [0.25, 0.3) is 0 Å². The van der Waals surface area contributed by atoms with Gasteiger partial charge in [-0.25, -0.2) is 0 Å². The first kappa shape index (κ1) is 65.8. The van der Waals surface area contributed by atoms with Crippen LogP contribution in [0.3, 0.4) is 0 Å². The second kappa shape index (κ2) is 57.3. The summed E-state index contributed by atoms with van der Waals surface area (Å²) in [6, 6.07) is 0. The Bertz CT molecular complexity index is 1690. The van der Waals surface area contributed by atoms with Crippen molar-refractivity contribution in [3.05, 3.63) is 170 Å². The molecule has 0 aromatic carbocycles. The Morgan fingerprint density at radius 3 is 0.859 bits per heavy atom. The first-order valence-electron chi connectivity index (χ1n) is 27.6. The minimum Gasteiger partial charge on any atom is -0.462 e. The second-order valence-electron chi connectivity index (χ2n) is 17.4. The van der Waals surface area contributed by atoms with E-state index in [9.17, 15) is 14.4 Å². The van der Waals surface area contributed by atoms with Crippen LogP contribution >= 0.6 is 0 Å². The number of hydrogen-bond acceptors (Lipinski definition) is 6. The molecule has 0 heterocycles. The third kappa shape index (κ3) is 55.6. The lowest BCUT2D eigenvalue weighted by molar-refractivity contribution is -0.166. The highest BCUT2D eigenvalue weighted by Crippen LogP contribution is 2.09. The molecule has 0 N–H and O–H groups in total. The molecule has 6 nitrogen and oxygen atoms in total. The van der Waals surface area contributed by atoms with E-state index < -0.39 is 12.1 Å². The van der Waals surface area contributed by atoms with Gasteiger partial charge in [0.05, 0.1) is 0 Å². The van der Waals surface area contributed by atoms with E-state index >= 15 is 0 Å². The maximum Gasteiger partial charge on any atom is 0.306 e. The van der Waals surface area contributed by atoms with Crippen molar-refractivity contribution in [1.82, 2.24) is 0 Å². The average molecular weight is 975 g/mol. The summed E-state index contributed by atoms with van der Waals surface area (Å²) in [5.74, 6) is -1.17. The molecule has 0 aliphatic rings. The van der Waals surface area contributed by atoms with E-state index in [0.717, 1.165) is 89.9 Å². The van der Waals surface area contributed by atoms with Gasteiger partial charge in [0.1, 0.15) is 13.2 Å². The Labute approximate surface area is 434 Å². The van der Waals surface area contributed by atoms with Crippen molar-refractivity contribution in [2.24, 2.45) is 0 Å². The number of allylic oxidation sites excluding steroid dienone is 28. The molecule has 0 saturated heterocycles. The molecular weight excluding hydrogens is 877 g/mol. The number of unbranched alkanes of at least 4 members (excludes halogenated alkanes) is 8. The molecule has 0 aliphatic carbocycles. The highest BCUT2D eigenvalue weighted by atomic mass is 16.6. The number of carbonyl (C=O) groups excluding carboxylic acids is 3. The zero-order chi connectivity index (χ0) is 51.4. The molecule has 1 atom stereocenters. The van der Waals surface area contributed by atoms with E-state index in [2.05, 4.69) is 179 Å². The zero-order valence-corrected chi connectivity index (χ0v) is 44.9. The lowest BCUT2D eigenvalue weighted by Gasteiger charge is -2.18. The molecule has 0 fully saturated rings. The van der Waals surface area contributed by atoms with Crippen LogP contribution in [0.15, 0.2) is 170 Å². The number of rotatable bonds is 47. The van der Waals surface area contributed by atoms with E-state index in [1.807, 2.05) is 12.2 Å². The third-order valence-corrected chi connectivity index (χ3v) is 10.7. The molecule has 0 saturated carbocycles. The minimum absolute atomic E-state index is 0.163. The van der Waals surface area contributed by atoms with Crippen LogP contribution in [-0.2, 0) is 28.6 Å². The summed E-state index contributed by atoms with van der Waals surface area (Å²) in [6.07, 6.45) is 85.0. The van der Waals surface area contributed by atoms with Gasteiger partial charge >= 0.3 is 17.9 Å². The van der Waals surface area contributed by atoms with E-state index in [1.54, 1.807) is 0 Å². The molecule has 0 rings (SSSR count). The largest absolute Gasteiger partial charge is 0.462 e. The van der Waals surface area contributed by atoms with E-state index in [4.69, 9.17) is 14.2 Å². The molecule has 0 aromatic rings. The quantitative estimate of drug-likeness (QED) is 0.0262. The molecular formula is C65H98O6. The Hall–Kier alpha value is -5.23. The molecule has 0 amide bonds. The molecule has 394 valence electrons. The SMILES string of the molecule is CC/C=C\C/C=C\C/C=C\C/C=C\C/C=C\CCCC(=O)OC[C@H](COC(=O)CCC/C=C\C/C=C\C/C=C\C/C=C\CCCCC)OC(=O)CC/C=C\C/C=C\C/C=C\C/C=C\C/C=C\CCCCC. The monoisotopic (exact) mass is 975 g/mol. The van der Waals surface area contributed by atoms with Gasteiger partial charge in [-0.05, 0) is 135 Å². The Morgan fingerprint density at radius 1 is 0.296 bits per heavy atom. The van der Waals surface area contributed by atoms with Crippen LogP contribution in [-0.4, -0.2) is 37.2 Å². The van der Waals surface area contributed by atoms with Crippen LogP contribution in [0.5, 0.6) is 0 Å². The summed E-state index contributed by atoms with van der Waals surface area (Å²) < 4.78 is 16.7. The number of hydrogen-bond donors (Lipinski definition) is 0. The molecule has 0 bridgehead atoms. The van der Waals surface area contributed by atoms with Gasteiger partial charge in [0, 0.05) is 19.3 Å². The van der Waals surface area contributed by atoms with Gasteiger partial charge in [-0.15, -0.1) is 0 Å². The average Bonchev–Trinajstić information content (AvgIpc) is 3.37. The van der Waals surface area contributed by atoms with Gasteiger partial charge in [0.15, 0.2) is 6.10 Å². The van der Waals surface area contributed by atoms with Crippen LogP contribution in [0, 0.1) is 0 Å². The van der Waals surface area contributed by atoms with Crippen molar-refractivity contribution < 1.29 is 28.6 Å². The van der Waals surface area contributed by atoms with Gasteiger partial charge in [-0.3, -0.25) is 14.4 Å². The molecule has 0 aliphatic heterocycles. The van der Waals surface area contributed by atoms with E-state index in [-0.39, 0.29) is 44.4 Å². The predicted octanol–water partition coefficient (Wildman–Crippen LogP) is 18.8. The van der Waals surface area contributed by atoms with Crippen LogP contribution in [0.2, 0.25) is 0 Å². The van der Waals surface area contributed by atoms with Crippen LogP contribution in [0.1, 0.15) is 201 Å². The smallest absolute Gasteiger partial charge is 0.306 e. The summed E-state index contributed by atoms with van der Waals surface area (Å²) >= 11 is 0. The molecule has 6 heteroatoms. The maximum absolute atomic E-state index is 12.8. The highest BCUT2D eigenvalue weighted by molar-refractivity contribution is 5.71. The standard InChI is InChI=1S/C65H98O6/c1-4-7-10-13-16-19-22-25-28-31-32-35-38-41-44-47-50-53-56-59-65(68)71-62(60-69-63(66)57-54-51-48-45-42-39-36-33-29-26-23-20-17-14-11-8-5-2)61-70-64(67)58-55-52-49-46-43-40-37-34-30-27-24-21-18-15-12-9-6-3/h8,11,16-21,25-30,32,35-37,39-41,44-46,48-50,53,62H,4-7,9-10,12-15,22-24,31,33-34,38,42-43,47,51-52,54-61H2,1-3H3/b11-8-,19-16-,20-17-,21-18-,28-25-,29-26-,30-27-,35-32-,39-36-,40-37-,44-41-,48-45-,49-46-,53-50-/t62-/m1/s1. The van der Waals surface area contributed by atoms with Gasteiger partial charge in [0.2, 0.25) is 0 Å².